The molecule has 0 bridgehead atoms. The number of pyridine rings is 1. The van der Waals surface area contributed by atoms with Crippen LogP contribution >= 0.6 is 0 Å². The Balaban J connectivity index is 2.02. The molecule has 0 fully saturated rings. The normalized spacial score (nSPS) is 14.2. The number of benzene rings is 1. The lowest BCUT2D eigenvalue weighted by atomic mass is 9.97. The smallest absolute Gasteiger partial charge is 0.0328 e. The van der Waals surface area contributed by atoms with Crippen LogP contribution < -0.4 is 11.5 Å². The summed E-state index contributed by atoms with van der Waals surface area (Å²) in [6, 6.07) is 13.8. The molecule has 1 aromatic carbocycles. The molecule has 1 aromatic heterocycles. The van der Waals surface area contributed by atoms with Crippen molar-refractivity contribution >= 4 is 0 Å². The molecule has 1 heterocycles. The van der Waals surface area contributed by atoms with E-state index >= 15 is 0 Å². The van der Waals surface area contributed by atoms with Crippen LogP contribution in [0, 0.1) is 0 Å². The van der Waals surface area contributed by atoms with Crippen LogP contribution in [-0.2, 0) is 0 Å². The van der Waals surface area contributed by atoms with Crippen LogP contribution in [-0.4, -0.2) is 4.98 Å². The molecule has 0 amide bonds. The lowest BCUT2D eigenvalue weighted by Gasteiger charge is -2.17. The van der Waals surface area contributed by atoms with E-state index in [0.717, 1.165) is 17.5 Å². The second-order valence-electron chi connectivity index (χ2n) is 4.15. The number of nitrogens with zero attached hydrogens (tertiary/aromatic N) is 1. The van der Waals surface area contributed by atoms with Crippen molar-refractivity contribution in [3.05, 3.63) is 66.0 Å². The van der Waals surface area contributed by atoms with Gasteiger partial charge in [-0.2, -0.15) is 0 Å². The van der Waals surface area contributed by atoms with E-state index in [1.807, 2.05) is 42.5 Å². The molecular weight excluding hydrogens is 210 g/mol. The molecule has 0 saturated heterocycles. The molecule has 88 valence electrons. The maximum Gasteiger partial charge on any atom is 0.0328 e. The second kappa shape index (κ2) is 5.57. The monoisotopic (exact) mass is 227 g/mol. The standard InChI is InChI=1S/C14H17N3/c15-13(11-5-2-1-3-6-11)9-14(16)12-7-4-8-17-10-12/h1-8,10,13-14H,9,15-16H2. The highest BCUT2D eigenvalue weighted by Gasteiger charge is 2.12. The van der Waals surface area contributed by atoms with E-state index in [0.29, 0.717) is 0 Å². The minimum atomic E-state index is -0.0705. The number of hydrogen-bond donors (Lipinski definition) is 2. The second-order valence-corrected chi connectivity index (χ2v) is 4.15. The Bertz CT molecular complexity index is 398. The topological polar surface area (TPSA) is 64.9 Å². The maximum atomic E-state index is 6.13. The Morgan fingerprint density at radius 1 is 0.882 bits per heavy atom. The Hall–Kier alpha value is -1.71. The minimum Gasteiger partial charge on any atom is -0.324 e. The largest absolute Gasteiger partial charge is 0.324 e. The van der Waals surface area contributed by atoms with Gasteiger partial charge < -0.3 is 11.5 Å². The van der Waals surface area contributed by atoms with E-state index in [9.17, 15) is 0 Å². The Kier molecular flexibility index (Phi) is 3.85. The van der Waals surface area contributed by atoms with Gasteiger partial charge in [-0.25, -0.2) is 0 Å². The molecule has 0 aliphatic carbocycles. The highest BCUT2D eigenvalue weighted by atomic mass is 14.7. The molecular formula is C14H17N3. The van der Waals surface area contributed by atoms with E-state index in [4.69, 9.17) is 11.5 Å². The van der Waals surface area contributed by atoms with Crippen molar-refractivity contribution in [1.82, 2.24) is 4.98 Å². The van der Waals surface area contributed by atoms with Gasteiger partial charge in [0.2, 0.25) is 0 Å². The fraction of sp³-hybridized carbons (Fsp3) is 0.214. The van der Waals surface area contributed by atoms with E-state index in [1.165, 1.54) is 0 Å². The molecule has 0 aliphatic rings. The SMILES string of the molecule is NC(CC(N)c1cccnc1)c1ccccc1. The number of aromatic nitrogens is 1. The summed E-state index contributed by atoms with van der Waals surface area (Å²) in [4.78, 5) is 4.06. The summed E-state index contributed by atoms with van der Waals surface area (Å²) in [5.41, 5.74) is 14.4. The van der Waals surface area contributed by atoms with Gasteiger partial charge in [0.25, 0.3) is 0 Å². The van der Waals surface area contributed by atoms with Crippen LogP contribution in [0.15, 0.2) is 54.9 Å². The first-order valence-corrected chi connectivity index (χ1v) is 5.73. The molecule has 17 heavy (non-hydrogen) atoms. The number of nitrogens with two attached hydrogens (primary N) is 2. The van der Waals surface area contributed by atoms with Gasteiger partial charge in [0.05, 0.1) is 0 Å². The van der Waals surface area contributed by atoms with Crippen LogP contribution in [0.2, 0.25) is 0 Å². The molecule has 0 aliphatic heterocycles. The first-order valence-electron chi connectivity index (χ1n) is 5.73. The highest BCUT2D eigenvalue weighted by Crippen LogP contribution is 2.22. The van der Waals surface area contributed by atoms with E-state index in [2.05, 4.69) is 4.98 Å². The zero-order valence-electron chi connectivity index (χ0n) is 9.66. The number of hydrogen-bond acceptors (Lipinski definition) is 3. The summed E-state index contributed by atoms with van der Waals surface area (Å²) in [6.45, 7) is 0. The fourth-order valence-electron chi connectivity index (χ4n) is 1.84. The third-order valence-corrected chi connectivity index (χ3v) is 2.85. The third-order valence-electron chi connectivity index (χ3n) is 2.85. The summed E-state index contributed by atoms with van der Waals surface area (Å²) in [5.74, 6) is 0. The number of rotatable bonds is 4. The van der Waals surface area contributed by atoms with E-state index < -0.39 is 0 Å². The molecule has 3 nitrogen and oxygen atoms in total. The lowest BCUT2D eigenvalue weighted by Crippen LogP contribution is -2.19. The molecule has 0 saturated carbocycles. The fourth-order valence-corrected chi connectivity index (χ4v) is 1.84. The summed E-state index contributed by atoms with van der Waals surface area (Å²) >= 11 is 0. The maximum absolute atomic E-state index is 6.13. The van der Waals surface area contributed by atoms with Gasteiger partial charge in [-0.15, -0.1) is 0 Å². The Labute approximate surface area is 101 Å². The zero-order chi connectivity index (χ0) is 12.1. The van der Waals surface area contributed by atoms with Gasteiger partial charge in [0, 0.05) is 24.5 Å². The van der Waals surface area contributed by atoms with Gasteiger partial charge >= 0.3 is 0 Å². The van der Waals surface area contributed by atoms with Crippen LogP contribution in [0.1, 0.15) is 29.6 Å². The van der Waals surface area contributed by atoms with Crippen molar-refractivity contribution in [3.8, 4) is 0 Å². The summed E-state index contributed by atoms with van der Waals surface area (Å²) in [5, 5.41) is 0. The van der Waals surface area contributed by atoms with Gasteiger partial charge in [-0.05, 0) is 23.6 Å². The quantitative estimate of drug-likeness (QED) is 0.841. The average Bonchev–Trinajstić information content (AvgIpc) is 2.40. The van der Waals surface area contributed by atoms with Crippen molar-refractivity contribution in [2.75, 3.05) is 0 Å². The Morgan fingerprint density at radius 3 is 2.18 bits per heavy atom. The first-order chi connectivity index (χ1) is 8.27. The molecule has 4 N–H and O–H groups in total. The summed E-state index contributed by atoms with van der Waals surface area (Å²) < 4.78 is 0. The minimum absolute atomic E-state index is 0.0357. The molecule has 0 radical (unpaired) electrons. The van der Waals surface area contributed by atoms with Gasteiger partial charge in [0.15, 0.2) is 0 Å². The average molecular weight is 227 g/mol. The predicted molar refractivity (Wildman–Crippen MR) is 69.2 cm³/mol. The van der Waals surface area contributed by atoms with E-state index in [-0.39, 0.29) is 12.1 Å². The van der Waals surface area contributed by atoms with Crippen molar-refractivity contribution < 1.29 is 0 Å². The first kappa shape index (κ1) is 11.8. The van der Waals surface area contributed by atoms with Gasteiger partial charge in [-0.1, -0.05) is 36.4 Å². The van der Waals surface area contributed by atoms with Gasteiger partial charge in [-0.3, -0.25) is 4.98 Å². The van der Waals surface area contributed by atoms with Crippen LogP contribution in [0.25, 0.3) is 0 Å². The van der Waals surface area contributed by atoms with Gasteiger partial charge in [0.1, 0.15) is 0 Å². The molecule has 2 unspecified atom stereocenters. The summed E-state index contributed by atoms with van der Waals surface area (Å²) in [6.07, 6.45) is 4.26. The van der Waals surface area contributed by atoms with Crippen molar-refractivity contribution in [3.63, 3.8) is 0 Å². The zero-order valence-corrected chi connectivity index (χ0v) is 9.66. The molecule has 3 heteroatoms. The molecule has 2 atom stereocenters. The third kappa shape index (κ3) is 3.12. The van der Waals surface area contributed by atoms with E-state index in [1.54, 1.807) is 12.4 Å². The highest BCUT2D eigenvalue weighted by molar-refractivity contribution is 5.20. The predicted octanol–water partition coefficient (Wildman–Crippen LogP) is 2.17. The summed E-state index contributed by atoms with van der Waals surface area (Å²) in [7, 11) is 0. The van der Waals surface area contributed by atoms with Crippen molar-refractivity contribution in [2.45, 2.75) is 18.5 Å². The van der Waals surface area contributed by atoms with Crippen LogP contribution in [0.4, 0.5) is 0 Å². The molecule has 2 rings (SSSR count). The van der Waals surface area contributed by atoms with Crippen molar-refractivity contribution in [1.29, 1.82) is 0 Å². The molecule has 0 spiro atoms. The van der Waals surface area contributed by atoms with Crippen LogP contribution in [0.5, 0.6) is 0 Å². The Morgan fingerprint density at radius 2 is 1.53 bits per heavy atom. The van der Waals surface area contributed by atoms with Crippen LogP contribution in [0.3, 0.4) is 0 Å². The van der Waals surface area contributed by atoms with Crippen molar-refractivity contribution in [2.24, 2.45) is 11.5 Å². The molecule has 2 aromatic rings. The lowest BCUT2D eigenvalue weighted by molar-refractivity contribution is 0.556.